The first kappa shape index (κ1) is 32.4. The predicted molar refractivity (Wildman–Crippen MR) is 144 cm³/mol. The van der Waals surface area contributed by atoms with E-state index in [1.54, 1.807) is 26.0 Å². The molecule has 4 atom stereocenters. The van der Waals surface area contributed by atoms with Gasteiger partial charge in [-0.3, -0.25) is 19.3 Å². The van der Waals surface area contributed by atoms with Crippen LogP contribution in [0.5, 0.6) is 0 Å². The van der Waals surface area contributed by atoms with Gasteiger partial charge in [0.15, 0.2) is 0 Å². The van der Waals surface area contributed by atoms with E-state index >= 15 is 0 Å². The molecule has 2 aromatic rings. The maximum absolute atomic E-state index is 13.1. The number of hydrogen-bond acceptors (Lipinski definition) is 8. The van der Waals surface area contributed by atoms with Gasteiger partial charge in [-0.1, -0.05) is 68.4 Å². The summed E-state index contributed by atoms with van der Waals surface area (Å²) in [6.45, 7) is 6.81. The molecular weight excluding hydrogens is 539 g/mol. The van der Waals surface area contributed by atoms with Crippen LogP contribution in [0.25, 0.3) is 11.1 Å². The van der Waals surface area contributed by atoms with Crippen LogP contribution in [-0.4, -0.2) is 47.9 Å². The highest BCUT2D eigenvalue weighted by atomic mass is 31.2. The molecule has 2 amide bonds. The number of carboxylic acids is 1. The average Bonchev–Trinajstić information content (AvgIpc) is 2.88. The second kappa shape index (κ2) is 14.5. The van der Waals surface area contributed by atoms with Gasteiger partial charge in [0.2, 0.25) is 5.91 Å². The maximum atomic E-state index is 13.1. The number of benzene rings is 2. The molecule has 0 aliphatic carbocycles. The zero-order chi connectivity index (χ0) is 30.0. The Balaban J connectivity index is 2.19. The second-order valence-electron chi connectivity index (χ2n) is 9.70. The Kier molecular flexibility index (Phi) is 11.8. The third-order valence-electron chi connectivity index (χ3n) is 5.97. The van der Waals surface area contributed by atoms with Crippen molar-refractivity contribution in [1.82, 2.24) is 10.6 Å². The van der Waals surface area contributed by atoms with Crippen LogP contribution in [0.3, 0.4) is 0 Å². The van der Waals surface area contributed by atoms with Crippen molar-refractivity contribution in [1.29, 1.82) is 0 Å². The summed E-state index contributed by atoms with van der Waals surface area (Å²) in [4.78, 5) is 61.1. The molecule has 0 heterocycles. The predicted octanol–water partition coefficient (Wildman–Crippen LogP) is 1.74. The lowest BCUT2D eigenvalue weighted by Gasteiger charge is -2.32. The third kappa shape index (κ3) is 10.1. The Morgan fingerprint density at radius 3 is 2.05 bits per heavy atom. The van der Waals surface area contributed by atoms with Crippen LogP contribution >= 0.6 is 7.37 Å². The normalized spacial score (nSPS) is 15.3. The van der Waals surface area contributed by atoms with E-state index in [9.17, 15) is 33.7 Å². The lowest BCUT2D eigenvalue weighted by Crippen LogP contribution is -2.49. The number of ether oxygens (including phenoxy) is 1. The van der Waals surface area contributed by atoms with E-state index in [1.165, 1.54) is 20.8 Å². The van der Waals surface area contributed by atoms with E-state index in [-0.39, 0.29) is 12.4 Å². The minimum atomic E-state index is -4.50. The number of hydrogen-bond donors (Lipinski definition) is 2. The molecule has 12 heteroatoms. The van der Waals surface area contributed by atoms with Crippen molar-refractivity contribution in [2.75, 3.05) is 6.16 Å². The number of aliphatic carboxylic acids is 1. The van der Waals surface area contributed by atoms with Gasteiger partial charge in [-0.15, -0.1) is 0 Å². The van der Waals surface area contributed by atoms with E-state index in [2.05, 4.69) is 10.6 Å². The largest absolute Gasteiger partial charge is 0.798 e. The summed E-state index contributed by atoms with van der Waals surface area (Å²) in [5.74, 6) is -6.43. The minimum absolute atomic E-state index is 0.0118. The summed E-state index contributed by atoms with van der Waals surface area (Å²) in [6.07, 6.45) is -1.85. The SMILES string of the molecule is CC(OC(=O)C(C)C)=[O+]C(=O)N[C@@H](C)P(=O)([O-])C[C@@H](Cc1ccc(-c2ccccc2)cc1)C(=O)N[C@@H](C)C(=O)[O-]. The van der Waals surface area contributed by atoms with Gasteiger partial charge in [-0.2, -0.15) is 0 Å². The summed E-state index contributed by atoms with van der Waals surface area (Å²) in [5, 5.41) is 15.6. The summed E-state index contributed by atoms with van der Waals surface area (Å²) in [5.41, 5.74) is 2.56. The Morgan fingerprint density at radius 2 is 1.50 bits per heavy atom. The topological polar surface area (TPSA) is 176 Å². The molecule has 0 radical (unpaired) electrons. The van der Waals surface area contributed by atoms with Crippen molar-refractivity contribution in [2.45, 2.75) is 52.9 Å². The molecule has 2 rings (SSSR count). The average molecular weight is 574 g/mol. The molecule has 0 fully saturated rings. The molecule has 1 unspecified atom stereocenters. The summed E-state index contributed by atoms with van der Waals surface area (Å²) in [7, 11) is -4.50. The van der Waals surface area contributed by atoms with Crippen LogP contribution in [0.4, 0.5) is 4.79 Å². The highest BCUT2D eigenvalue weighted by molar-refractivity contribution is 7.57. The molecule has 2 aromatic carbocycles. The zero-order valence-corrected chi connectivity index (χ0v) is 23.9. The molecule has 40 heavy (non-hydrogen) atoms. The number of rotatable bonds is 11. The molecule has 0 bridgehead atoms. The van der Waals surface area contributed by atoms with Crippen LogP contribution in [0.2, 0.25) is 0 Å². The highest BCUT2D eigenvalue weighted by Crippen LogP contribution is 2.43. The Hall–Kier alpha value is -3.82. The molecule has 0 saturated carbocycles. The number of amides is 2. The van der Waals surface area contributed by atoms with Gasteiger partial charge in [0, 0.05) is 19.4 Å². The monoisotopic (exact) mass is 573 g/mol. The first-order valence-corrected chi connectivity index (χ1v) is 14.6. The highest BCUT2D eigenvalue weighted by Gasteiger charge is 2.31. The van der Waals surface area contributed by atoms with Crippen LogP contribution in [-0.2, 0) is 34.5 Å². The van der Waals surface area contributed by atoms with Crippen molar-refractivity contribution < 1.29 is 42.9 Å². The summed E-state index contributed by atoms with van der Waals surface area (Å²) in [6, 6.07) is 15.4. The molecule has 216 valence electrons. The second-order valence-corrected chi connectivity index (χ2v) is 12.3. The molecule has 2 N–H and O–H groups in total. The van der Waals surface area contributed by atoms with E-state index in [0.29, 0.717) is 5.56 Å². The van der Waals surface area contributed by atoms with Gasteiger partial charge in [0.1, 0.15) is 0 Å². The van der Waals surface area contributed by atoms with E-state index in [1.807, 2.05) is 42.5 Å². The fraction of sp³-hybridized carbons (Fsp3) is 0.393. The van der Waals surface area contributed by atoms with Gasteiger partial charge < -0.3 is 24.7 Å². The number of carbonyl (C=O) groups excluding carboxylic acids is 5. The van der Waals surface area contributed by atoms with Crippen molar-refractivity contribution in [3.8, 4) is 11.1 Å². The molecule has 0 spiro atoms. The van der Waals surface area contributed by atoms with Crippen LogP contribution in [0, 0.1) is 11.8 Å². The molecule has 0 aromatic heterocycles. The molecule has 0 aliphatic heterocycles. The van der Waals surface area contributed by atoms with Gasteiger partial charge in [0.05, 0.1) is 30.6 Å². The quantitative estimate of drug-likeness (QED) is 0.177. The first-order chi connectivity index (χ1) is 18.7. The maximum Gasteiger partial charge on any atom is 0.603 e. The number of carboxylic acid groups (broad SMARTS) is 1. The standard InChI is InChI=1S/C28H35N2O9P/c1-17(2)27(34)38-20(5)39-28(35)30-19(4)40(36,37)16-24(25(31)29-18(3)26(32)33)15-21-11-13-23(14-12-21)22-9-7-6-8-10-22/h6-14,17-19,24H,15-16H2,1-5H3,(H3-,29,30,31,32,33,35,36,37)/p-1/t18-,19+,24+/m0/s1. The third-order valence-corrected chi connectivity index (χ3v) is 8.23. The fourth-order valence-electron chi connectivity index (χ4n) is 3.55. The Bertz CT molecular complexity index is 1280. The van der Waals surface area contributed by atoms with Crippen molar-refractivity contribution in [2.24, 2.45) is 11.8 Å². The molecule has 0 saturated heterocycles. The summed E-state index contributed by atoms with van der Waals surface area (Å²) >= 11 is 0. The number of nitrogens with one attached hydrogen (secondary N) is 2. The fourth-order valence-corrected chi connectivity index (χ4v) is 5.08. The minimum Gasteiger partial charge on any atom is -0.798 e. The van der Waals surface area contributed by atoms with E-state index in [4.69, 9.17) is 9.16 Å². The zero-order valence-electron chi connectivity index (χ0n) is 23.0. The number of esters is 2. The number of carbonyl (C=O) groups is 4. The first-order valence-electron chi connectivity index (χ1n) is 12.7. The summed E-state index contributed by atoms with van der Waals surface area (Å²) < 4.78 is 22.8. The van der Waals surface area contributed by atoms with Crippen LogP contribution in [0.1, 0.15) is 40.2 Å². The van der Waals surface area contributed by atoms with Gasteiger partial charge in [-0.25, -0.2) is 4.79 Å². The van der Waals surface area contributed by atoms with E-state index < -0.39 is 61.1 Å². The van der Waals surface area contributed by atoms with Crippen molar-refractivity contribution in [3.05, 3.63) is 60.2 Å². The van der Waals surface area contributed by atoms with E-state index in [0.717, 1.165) is 11.1 Å². The van der Waals surface area contributed by atoms with Gasteiger partial charge >= 0.3 is 18.0 Å². The van der Waals surface area contributed by atoms with Crippen molar-refractivity contribution in [3.63, 3.8) is 0 Å². The lowest BCUT2D eigenvalue weighted by molar-refractivity contribution is -0.356. The van der Waals surface area contributed by atoms with Crippen LogP contribution < -0.4 is 20.6 Å². The molecular formula is C28H34N2O9P-. The lowest BCUT2D eigenvalue weighted by atomic mass is 9.97. The van der Waals surface area contributed by atoms with Gasteiger partial charge in [-0.05, 0) is 41.8 Å². The molecule has 0 aliphatic rings. The Morgan fingerprint density at radius 1 is 0.925 bits per heavy atom. The van der Waals surface area contributed by atoms with Crippen molar-refractivity contribution >= 4 is 37.3 Å². The van der Waals surface area contributed by atoms with Gasteiger partial charge in [0.25, 0.3) is 0 Å². The molecule has 11 nitrogen and oxygen atoms in total. The van der Waals surface area contributed by atoms with Crippen LogP contribution in [0.15, 0.2) is 54.6 Å². The Labute approximate surface area is 233 Å². The smallest absolute Gasteiger partial charge is 0.603 e.